The number of nitrogens with one attached hydrogen (secondary N) is 1. The standard InChI is InChI=1S/C22H27N5O2S/c1-15(2)27-18-8-4-3-7-17(18)24-21(27)16-6-5-12-26(14-16)20(29)10-9-19(28)25-22-23-11-13-30-22/h3-4,7-8,11,13,15-16H,5-6,9-10,12,14H2,1-2H3,(H,23,25,28). The number of carbonyl (C=O) groups is 2. The molecule has 0 radical (unpaired) electrons. The van der Waals surface area contributed by atoms with Gasteiger partial charge in [-0.25, -0.2) is 9.97 Å². The molecule has 0 aliphatic carbocycles. The Balaban J connectivity index is 1.42. The number of carbonyl (C=O) groups excluding carboxylic acids is 2. The number of hydrogen-bond donors (Lipinski definition) is 1. The van der Waals surface area contributed by atoms with Gasteiger partial charge in [0.05, 0.1) is 11.0 Å². The lowest BCUT2D eigenvalue weighted by molar-refractivity contribution is -0.134. The number of anilines is 1. The fourth-order valence-electron chi connectivity index (χ4n) is 4.15. The molecule has 1 atom stereocenters. The molecule has 158 valence electrons. The molecule has 0 spiro atoms. The van der Waals surface area contributed by atoms with Gasteiger partial charge in [0.1, 0.15) is 5.82 Å². The molecule has 3 aromatic rings. The molecule has 0 bridgehead atoms. The molecule has 30 heavy (non-hydrogen) atoms. The van der Waals surface area contributed by atoms with E-state index >= 15 is 0 Å². The van der Waals surface area contributed by atoms with Crippen molar-refractivity contribution < 1.29 is 9.59 Å². The van der Waals surface area contributed by atoms with Crippen LogP contribution in [0.15, 0.2) is 35.8 Å². The maximum atomic E-state index is 12.8. The average molecular weight is 426 g/mol. The summed E-state index contributed by atoms with van der Waals surface area (Å²) in [5, 5.41) is 5.11. The molecule has 1 aliphatic heterocycles. The van der Waals surface area contributed by atoms with E-state index in [9.17, 15) is 9.59 Å². The van der Waals surface area contributed by atoms with Crippen molar-refractivity contribution in [3.05, 3.63) is 41.7 Å². The van der Waals surface area contributed by atoms with Gasteiger partial charge in [0.15, 0.2) is 5.13 Å². The minimum absolute atomic E-state index is 0.0289. The zero-order valence-electron chi connectivity index (χ0n) is 17.4. The minimum atomic E-state index is -0.173. The van der Waals surface area contributed by atoms with Crippen LogP contribution in [-0.4, -0.2) is 44.3 Å². The SMILES string of the molecule is CC(C)n1c(C2CCCN(C(=O)CCC(=O)Nc3nccs3)C2)nc2ccccc21. The molecule has 3 heterocycles. The van der Waals surface area contributed by atoms with Crippen molar-refractivity contribution in [2.75, 3.05) is 18.4 Å². The summed E-state index contributed by atoms with van der Waals surface area (Å²) < 4.78 is 2.30. The highest BCUT2D eigenvalue weighted by molar-refractivity contribution is 7.13. The van der Waals surface area contributed by atoms with Crippen LogP contribution < -0.4 is 5.32 Å². The molecular formula is C22H27N5O2S. The van der Waals surface area contributed by atoms with Gasteiger partial charge in [-0.15, -0.1) is 11.3 Å². The van der Waals surface area contributed by atoms with Crippen molar-refractivity contribution >= 4 is 39.3 Å². The quantitative estimate of drug-likeness (QED) is 0.642. The maximum Gasteiger partial charge on any atom is 0.226 e. The average Bonchev–Trinajstić information content (AvgIpc) is 3.39. The lowest BCUT2D eigenvalue weighted by Crippen LogP contribution is -2.40. The number of benzene rings is 1. The first kappa shape index (κ1) is 20.5. The molecule has 1 N–H and O–H groups in total. The van der Waals surface area contributed by atoms with Crippen LogP contribution in [0.25, 0.3) is 11.0 Å². The normalized spacial score (nSPS) is 16.9. The Morgan fingerprint density at radius 3 is 2.87 bits per heavy atom. The van der Waals surface area contributed by atoms with Crippen molar-refractivity contribution in [2.45, 2.75) is 51.5 Å². The van der Waals surface area contributed by atoms with Gasteiger partial charge in [0.2, 0.25) is 11.8 Å². The fraction of sp³-hybridized carbons (Fsp3) is 0.455. The van der Waals surface area contributed by atoms with Crippen molar-refractivity contribution in [3.63, 3.8) is 0 Å². The zero-order chi connectivity index (χ0) is 21.1. The number of likely N-dealkylation sites (tertiary alicyclic amines) is 1. The van der Waals surface area contributed by atoms with Crippen LogP contribution in [0, 0.1) is 0 Å². The van der Waals surface area contributed by atoms with Gasteiger partial charge in [0.25, 0.3) is 0 Å². The fourth-order valence-corrected chi connectivity index (χ4v) is 4.70. The van der Waals surface area contributed by atoms with E-state index in [0.29, 0.717) is 17.7 Å². The Hall–Kier alpha value is -2.74. The topological polar surface area (TPSA) is 80.1 Å². The maximum absolute atomic E-state index is 12.8. The second-order valence-electron chi connectivity index (χ2n) is 7.99. The molecule has 7 nitrogen and oxygen atoms in total. The number of nitrogens with zero attached hydrogens (tertiary/aromatic N) is 4. The van der Waals surface area contributed by atoms with Crippen molar-refractivity contribution in [2.24, 2.45) is 0 Å². The molecule has 2 aromatic heterocycles. The number of imidazole rings is 1. The van der Waals surface area contributed by atoms with E-state index in [1.165, 1.54) is 11.3 Å². The smallest absolute Gasteiger partial charge is 0.226 e. The van der Waals surface area contributed by atoms with Crippen LogP contribution >= 0.6 is 11.3 Å². The highest BCUT2D eigenvalue weighted by Gasteiger charge is 2.29. The molecule has 8 heteroatoms. The highest BCUT2D eigenvalue weighted by atomic mass is 32.1. The molecule has 1 aromatic carbocycles. The molecule has 1 aliphatic rings. The van der Waals surface area contributed by atoms with Crippen LogP contribution in [0.5, 0.6) is 0 Å². The zero-order valence-corrected chi connectivity index (χ0v) is 18.2. The van der Waals surface area contributed by atoms with Crippen molar-refractivity contribution in [1.29, 1.82) is 0 Å². The first-order chi connectivity index (χ1) is 14.5. The number of rotatable bonds is 6. The Morgan fingerprint density at radius 2 is 2.10 bits per heavy atom. The van der Waals surface area contributed by atoms with E-state index in [4.69, 9.17) is 4.98 Å². The Labute approximate surface area is 180 Å². The Kier molecular flexibility index (Phi) is 6.13. The molecule has 1 unspecified atom stereocenters. The summed E-state index contributed by atoms with van der Waals surface area (Å²) in [6.45, 7) is 5.74. The molecule has 4 rings (SSSR count). The van der Waals surface area contributed by atoms with Gasteiger partial charge in [-0.1, -0.05) is 12.1 Å². The van der Waals surface area contributed by atoms with Gasteiger partial charge in [-0.05, 0) is 38.8 Å². The van der Waals surface area contributed by atoms with Crippen LogP contribution in [0.3, 0.4) is 0 Å². The molecular weight excluding hydrogens is 398 g/mol. The van der Waals surface area contributed by atoms with E-state index in [-0.39, 0.29) is 30.6 Å². The third-order valence-electron chi connectivity index (χ3n) is 5.52. The number of aromatic nitrogens is 3. The summed E-state index contributed by atoms with van der Waals surface area (Å²) in [5.74, 6) is 1.13. The number of amides is 2. The van der Waals surface area contributed by atoms with Crippen LogP contribution in [0.1, 0.15) is 57.3 Å². The third-order valence-corrected chi connectivity index (χ3v) is 6.21. The third kappa shape index (κ3) is 4.38. The van der Waals surface area contributed by atoms with E-state index in [1.807, 2.05) is 23.1 Å². The number of hydrogen-bond acceptors (Lipinski definition) is 5. The lowest BCUT2D eigenvalue weighted by atomic mass is 9.96. The number of fused-ring (bicyclic) bond motifs is 1. The first-order valence-corrected chi connectivity index (χ1v) is 11.3. The van der Waals surface area contributed by atoms with Gasteiger partial charge < -0.3 is 14.8 Å². The Morgan fingerprint density at radius 1 is 1.27 bits per heavy atom. The van der Waals surface area contributed by atoms with Gasteiger partial charge in [-0.2, -0.15) is 0 Å². The molecule has 0 saturated carbocycles. The van der Waals surface area contributed by atoms with E-state index < -0.39 is 0 Å². The predicted molar refractivity (Wildman–Crippen MR) is 119 cm³/mol. The summed E-state index contributed by atoms with van der Waals surface area (Å²) in [7, 11) is 0. The van der Waals surface area contributed by atoms with Crippen LogP contribution in [0.2, 0.25) is 0 Å². The number of para-hydroxylation sites is 2. The first-order valence-electron chi connectivity index (χ1n) is 10.5. The number of thiazole rings is 1. The van der Waals surface area contributed by atoms with Gasteiger partial charge >= 0.3 is 0 Å². The summed E-state index contributed by atoms with van der Waals surface area (Å²) in [6.07, 6.45) is 3.99. The molecule has 1 saturated heterocycles. The second-order valence-corrected chi connectivity index (χ2v) is 8.88. The van der Waals surface area contributed by atoms with Gasteiger partial charge in [0, 0.05) is 49.5 Å². The second kappa shape index (κ2) is 8.95. The number of piperidine rings is 1. The van der Waals surface area contributed by atoms with Crippen LogP contribution in [-0.2, 0) is 9.59 Å². The minimum Gasteiger partial charge on any atom is -0.342 e. The predicted octanol–water partition coefficient (Wildman–Crippen LogP) is 4.20. The van der Waals surface area contributed by atoms with Crippen LogP contribution in [0.4, 0.5) is 5.13 Å². The summed E-state index contributed by atoms with van der Waals surface area (Å²) in [4.78, 5) is 35.7. The molecule has 2 amide bonds. The molecule has 1 fully saturated rings. The van der Waals surface area contributed by atoms with Gasteiger partial charge in [-0.3, -0.25) is 9.59 Å². The summed E-state index contributed by atoms with van der Waals surface area (Å²) in [5.41, 5.74) is 2.15. The van der Waals surface area contributed by atoms with E-state index in [0.717, 1.165) is 36.2 Å². The summed E-state index contributed by atoms with van der Waals surface area (Å²) >= 11 is 1.37. The largest absolute Gasteiger partial charge is 0.342 e. The monoisotopic (exact) mass is 425 g/mol. The highest BCUT2D eigenvalue weighted by Crippen LogP contribution is 2.31. The van der Waals surface area contributed by atoms with Crippen molar-refractivity contribution in [3.8, 4) is 0 Å². The summed E-state index contributed by atoms with van der Waals surface area (Å²) in [6, 6.07) is 8.51. The lowest BCUT2D eigenvalue weighted by Gasteiger charge is -2.33. The van der Waals surface area contributed by atoms with E-state index in [2.05, 4.69) is 34.8 Å². The van der Waals surface area contributed by atoms with Crippen molar-refractivity contribution in [1.82, 2.24) is 19.4 Å². The Bertz CT molecular complexity index is 1030. The van der Waals surface area contributed by atoms with E-state index in [1.54, 1.807) is 11.6 Å².